The summed E-state index contributed by atoms with van der Waals surface area (Å²) in [5.74, 6) is 0. The minimum Gasteiger partial charge on any atom is -0.385 e. The average Bonchev–Trinajstić information content (AvgIpc) is 2.31. The minimum atomic E-state index is 0.957. The molecule has 0 unspecified atom stereocenters. The summed E-state index contributed by atoms with van der Waals surface area (Å²) in [6.45, 7) is 3.06. The lowest BCUT2D eigenvalue weighted by atomic mass is 10.1. The highest BCUT2D eigenvalue weighted by Gasteiger charge is 1.96. The molecule has 0 bridgehead atoms. The number of rotatable bonds is 3. The molecule has 0 saturated carbocycles. The van der Waals surface area contributed by atoms with Gasteiger partial charge in [-0.15, -0.1) is 0 Å². The summed E-state index contributed by atoms with van der Waals surface area (Å²) in [7, 11) is 0. The van der Waals surface area contributed by atoms with Crippen LogP contribution in [0.4, 0.5) is 5.69 Å². The smallest absolute Gasteiger partial charge is 0.0346 e. The molecule has 0 aromatic heterocycles. The van der Waals surface area contributed by atoms with Crippen molar-refractivity contribution in [3.8, 4) is 11.1 Å². The van der Waals surface area contributed by atoms with Crippen molar-refractivity contribution >= 4 is 5.69 Å². The molecule has 2 aromatic carbocycles. The van der Waals surface area contributed by atoms with E-state index in [0.717, 1.165) is 6.54 Å². The number of hydrogen-bond donors (Lipinski definition) is 1. The number of hydrogen-bond acceptors (Lipinski definition) is 1. The Morgan fingerprint density at radius 2 is 1.60 bits per heavy atom. The van der Waals surface area contributed by atoms with Gasteiger partial charge in [-0.2, -0.15) is 0 Å². The van der Waals surface area contributed by atoms with Crippen molar-refractivity contribution in [1.29, 1.82) is 0 Å². The highest BCUT2D eigenvalue weighted by Crippen LogP contribution is 2.21. The van der Waals surface area contributed by atoms with Gasteiger partial charge in [0.15, 0.2) is 0 Å². The van der Waals surface area contributed by atoms with Gasteiger partial charge < -0.3 is 5.32 Å². The van der Waals surface area contributed by atoms with Crippen LogP contribution in [0.5, 0.6) is 0 Å². The molecule has 0 heterocycles. The molecule has 1 N–H and O–H groups in total. The van der Waals surface area contributed by atoms with Crippen molar-refractivity contribution in [1.82, 2.24) is 0 Å². The highest BCUT2D eigenvalue weighted by atomic mass is 14.8. The summed E-state index contributed by atoms with van der Waals surface area (Å²) in [4.78, 5) is 0. The van der Waals surface area contributed by atoms with Crippen molar-refractivity contribution in [2.75, 3.05) is 11.9 Å². The third-order valence-electron chi connectivity index (χ3n) is 2.35. The van der Waals surface area contributed by atoms with E-state index in [1.54, 1.807) is 0 Å². The zero-order chi connectivity index (χ0) is 10.5. The maximum atomic E-state index is 3.32. The van der Waals surface area contributed by atoms with E-state index in [2.05, 4.69) is 60.8 Å². The number of benzene rings is 2. The van der Waals surface area contributed by atoms with E-state index in [4.69, 9.17) is 0 Å². The highest BCUT2D eigenvalue weighted by molar-refractivity contribution is 5.67. The molecular formula is C14H15N. The molecule has 1 heteroatoms. The molecule has 15 heavy (non-hydrogen) atoms. The molecule has 0 amide bonds. The Morgan fingerprint density at radius 1 is 0.867 bits per heavy atom. The van der Waals surface area contributed by atoms with Gasteiger partial charge in [0.2, 0.25) is 0 Å². The molecule has 76 valence electrons. The van der Waals surface area contributed by atoms with Crippen LogP contribution in [-0.4, -0.2) is 6.54 Å². The molecule has 0 aliphatic carbocycles. The molecule has 0 atom stereocenters. The monoisotopic (exact) mass is 197 g/mol. The predicted molar refractivity (Wildman–Crippen MR) is 66.0 cm³/mol. The van der Waals surface area contributed by atoms with E-state index in [9.17, 15) is 0 Å². The van der Waals surface area contributed by atoms with E-state index in [-0.39, 0.29) is 0 Å². The van der Waals surface area contributed by atoms with Crippen molar-refractivity contribution in [2.45, 2.75) is 6.92 Å². The Bertz CT molecular complexity index is 420. The van der Waals surface area contributed by atoms with Crippen LogP contribution >= 0.6 is 0 Å². The lowest BCUT2D eigenvalue weighted by Crippen LogP contribution is -1.95. The lowest BCUT2D eigenvalue weighted by Gasteiger charge is -2.06. The van der Waals surface area contributed by atoms with E-state index in [1.807, 2.05) is 6.07 Å². The number of anilines is 1. The first kappa shape index (κ1) is 9.78. The first-order valence-corrected chi connectivity index (χ1v) is 5.29. The van der Waals surface area contributed by atoms with E-state index in [1.165, 1.54) is 16.8 Å². The summed E-state index contributed by atoms with van der Waals surface area (Å²) in [6, 6.07) is 18.9. The van der Waals surface area contributed by atoms with Crippen LogP contribution < -0.4 is 5.32 Å². The third-order valence-corrected chi connectivity index (χ3v) is 2.35. The Balaban J connectivity index is 2.33. The largest absolute Gasteiger partial charge is 0.385 e. The molecule has 0 aliphatic rings. The second-order valence-electron chi connectivity index (χ2n) is 3.48. The normalized spacial score (nSPS) is 9.93. The fourth-order valence-electron chi connectivity index (χ4n) is 1.64. The van der Waals surface area contributed by atoms with Crippen molar-refractivity contribution in [3.05, 3.63) is 54.6 Å². The SMILES string of the molecule is CCNc1cccc(-c2ccccc2)c1. The zero-order valence-corrected chi connectivity index (χ0v) is 8.90. The van der Waals surface area contributed by atoms with Crippen LogP contribution in [-0.2, 0) is 0 Å². The van der Waals surface area contributed by atoms with E-state index >= 15 is 0 Å². The van der Waals surface area contributed by atoms with Gasteiger partial charge in [0.25, 0.3) is 0 Å². The van der Waals surface area contributed by atoms with Crippen LogP contribution in [0, 0.1) is 0 Å². The molecule has 2 aromatic rings. The van der Waals surface area contributed by atoms with Crippen LogP contribution in [0.1, 0.15) is 6.92 Å². The van der Waals surface area contributed by atoms with Gasteiger partial charge in [0, 0.05) is 12.2 Å². The fourth-order valence-corrected chi connectivity index (χ4v) is 1.64. The summed E-state index contributed by atoms with van der Waals surface area (Å²) < 4.78 is 0. The zero-order valence-electron chi connectivity index (χ0n) is 8.90. The van der Waals surface area contributed by atoms with Crippen LogP contribution in [0.3, 0.4) is 0 Å². The fraction of sp³-hybridized carbons (Fsp3) is 0.143. The van der Waals surface area contributed by atoms with Crippen LogP contribution in [0.25, 0.3) is 11.1 Å². The molecule has 0 aliphatic heterocycles. The van der Waals surface area contributed by atoms with E-state index < -0.39 is 0 Å². The van der Waals surface area contributed by atoms with E-state index in [0.29, 0.717) is 0 Å². The summed E-state index contributed by atoms with van der Waals surface area (Å²) >= 11 is 0. The van der Waals surface area contributed by atoms with Crippen molar-refractivity contribution < 1.29 is 0 Å². The van der Waals surface area contributed by atoms with Gasteiger partial charge in [0.1, 0.15) is 0 Å². The predicted octanol–water partition coefficient (Wildman–Crippen LogP) is 3.79. The van der Waals surface area contributed by atoms with Gasteiger partial charge in [-0.05, 0) is 30.2 Å². The van der Waals surface area contributed by atoms with Crippen LogP contribution in [0.2, 0.25) is 0 Å². The average molecular weight is 197 g/mol. The molecule has 2 rings (SSSR count). The maximum Gasteiger partial charge on any atom is 0.0346 e. The molecule has 0 fully saturated rings. The molecular weight excluding hydrogens is 182 g/mol. The quantitative estimate of drug-likeness (QED) is 0.789. The molecule has 0 radical (unpaired) electrons. The maximum absolute atomic E-state index is 3.32. The second-order valence-corrected chi connectivity index (χ2v) is 3.48. The van der Waals surface area contributed by atoms with Gasteiger partial charge in [-0.1, -0.05) is 42.5 Å². The molecule has 1 nitrogen and oxygen atoms in total. The Hall–Kier alpha value is -1.76. The lowest BCUT2D eigenvalue weighted by molar-refractivity contribution is 1.21. The van der Waals surface area contributed by atoms with Crippen LogP contribution in [0.15, 0.2) is 54.6 Å². The van der Waals surface area contributed by atoms with Gasteiger partial charge in [-0.25, -0.2) is 0 Å². The summed E-state index contributed by atoms with van der Waals surface area (Å²) in [5, 5.41) is 3.32. The standard InChI is InChI=1S/C14H15N/c1-2-15-14-10-6-9-13(11-14)12-7-4-3-5-8-12/h3-11,15H,2H2,1H3. The number of nitrogens with one attached hydrogen (secondary N) is 1. The molecule has 0 spiro atoms. The Kier molecular flexibility index (Phi) is 3.03. The Morgan fingerprint density at radius 3 is 2.33 bits per heavy atom. The Labute approximate surface area is 90.8 Å². The third kappa shape index (κ3) is 2.38. The van der Waals surface area contributed by atoms with Gasteiger partial charge in [-0.3, -0.25) is 0 Å². The van der Waals surface area contributed by atoms with Gasteiger partial charge >= 0.3 is 0 Å². The first-order valence-electron chi connectivity index (χ1n) is 5.29. The molecule has 0 saturated heterocycles. The second kappa shape index (κ2) is 4.65. The van der Waals surface area contributed by atoms with Gasteiger partial charge in [0.05, 0.1) is 0 Å². The van der Waals surface area contributed by atoms with Crippen molar-refractivity contribution in [3.63, 3.8) is 0 Å². The minimum absolute atomic E-state index is 0.957. The summed E-state index contributed by atoms with van der Waals surface area (Å²) in [5.41, 5.74) is 3.70. The first-order chi connectivity index (χ1) is 7.40. The topological polar surface area (TPSA) is 12.0 Å². The van der Waals surface area contributed by atoms with Crippen molar-refractivity contribution in [2.24, 2.45) is 0 Å². The summed E-state index contributed by atoms with van der Waals surface area (Å²) in [6.07, 6.45) is 0.